The van der Waals surface area contributed by atoms with Crippen molar-refractivity contribution >= 4 is 23.1 Å². The Hall–Kier alpha value is -4.09. The summed E-state index contributed by atoms with van der Waals surface area (Å²) in [4.78, 5) is 26.3. The third-order valence-electron chi connectivity index (χ3n) is 7.12. The number of morpholine rings is 1. The molecule has 0 bridgehead atoms. The number of likely N-dealkylation sites (N-methyl/N-ethyl adjacent to an activating group) is 1. The molecule has 0 unspecified atom stereocenters. The van der Waals surface area contributed by atoms with Crippen molar-refractivity contribution in [1.29, 1.82) is 0 Å². The van der Waals surface area contributed by atoms with E-state index in [1.165, 1.54) is 12.1 Å². The number of halogens is 2. The summed E-state index contributed by atoms with van der Waals surface area (Å²) in [7, 11) is 1.83. The fraction of sp³-hybridized carbons (Fsp3) is 0.367. The van der Waals surface area contributed by atoms with E-state index in [0.717, 1.165) is 42.1 Å². The molecular weight excluding hydrogens is 530 g/mol. The van der Waals surface area contributed by atoms with Crippen LogP contribution in [0.1, 0.15) is 29.8 Å². The van der Waals surface area contributed by atoms with Gasteiger partial charge < -0.3 is 19.7 Å². The van der Waals surface area contributed by atoms with Crippen molar-refractivity contribution in [1.82, 2.24) is 24.2 Å². The lowest BCUT2D eigenvalue weighted by molar-refractivity contribution is -0.0685. The van der Waals surface area contributed by atoms with Crippen LogP contribution in [0, 0.1) is 6.92 Å². The molecule has 9 nitrogen and oxygen atoms in total. The van der Waals surface area contributed by atoms with Crippen LogP contribution in [0.4, 0.5) is 20.3 Å². The summed E-state index contributed by atoms with van der Waals surface area (Å²) in [6, 6.07) is 12.0. The SMILES string of the molecule is Cc1cc(Nc2nccn3c(-c4ccc(OC(F)F)cc4)cnc23)ccc1C(=O)N(C)CCN1C[C@@H](C)O[C@@H](C)C1. The standard InChI is InChI=1S/C30H34F2N6O3/c1-19-15-23(7-10-25(19)29(39)36(4)13-14-37-17-20(2)40-21(3)18-37)35-27-28-34-16-26(38(28)12-11-33-27)22-5-8-24(9-6-22)41-30(31)32/h5-12,15-16,20-21,30H,13-14,17-18H2,1-4H3,(H,33,35)/t20-,21+. The molecule has 1 saturated heterocycles. The first kappa shape index (κ1) is 28.4. The van der Waals surface area contributed by atoms with E-state index < -0.39 is 6.61 Å². The van der Waals surface area contributed by atoms with E-state index in [1.54, 1.807) is 35.6 Å². The number of carbonyl (C=O) groups is 1. The number of nitrogens with zero attached hydrogens (tertiary/aromatic N) is 5. The monoisotopic (exact) mass is 564 g/mol. The lowest BCUT2D eigenvalue weighted by Crippen LogP contribution is -2.48. The highest BCUT2D eigenvalue weighted by molar-refractivity contribution is 5.96. The summed E-state index contributed by atoms with van der Waals surface area (Å²) in [5.74, 6) is 0.610. The molecule has 2 atom stereocenters. The normalized spacial score (nSPS) is 17.6. The molecule has 1 aliphatic rings. The lowest BCUT2D eigenvalue weighted by atomic mass is 10.1. The van der Waals surface area contributed by atoms with E-state index in [2.05, 4.69) is 38.8 Å². The lowest BCUT2D eigenvalue weighted by Gasteiger charge is -2.36. The van der Waals surface area contributed by atoms with E-state index in [9.17, 15) is 13.6 Å². The number of imidazole rings is 1. The minimum Gasteiger partial charge on any atom is -0.435 e. The molecule has 4 aromatic rings. The maximum Gasteiger partial charge on any atom is 0.387 e. The van der Waals surface area contributed by atoms with E-state index in [0.29, 0.717) is 23.6 Å². The minimum atomic E-state index is -2.87. The highest BCUT2D eigenvalue weighted by Crippen LogP contribution is 2.28. The summed E-state index contributed by atoms with van der Waals surface area (Å²) in [6.07, 6.45) is 5.53. The first-order chi connectivity index (χ1) is 19.7. The van der Waals surface area contributed by atoms with Gasteiger partial charge in [-0.2, -0.15) is 8.78 Å². The summed E-state index contributed by atoms with van der Waals surface area (Å²) in [5, 5.41) is 3.31. The number of fused-ring (bicyclic) bond motifs is 1. The van der Waals surface area contributed by atoms with Crippen LogP contribution in [0.5, 0.6) is 5.75 Å². The summed E-state index contributed by atoms with van der Waals surface area (Å²) >= 11 is 0. The summed E-state index contributed by atoms with van der Waals surface area (Å²) in [6.45, 7) is 6.37. The van der Waals surface area contributed by atoms with E-state index in [4.69, 9.17) is 4.74 Å². The second-order valence-electron chi connectivity index (χ2n) is 10.4. The van der Waals surface area contributed by atoms with Crippen LogP contribution < -0.4 is 10.1 Å². The van der Waals surface area contributed by atoms with Crippen molar-refractivity contribution in [3.63, 3.8) is 0 Å². The number of anilines is 2. The van der Waals surface area contributed by atoms with Gasteiger partial charge in [0.15, 0.2) is 11.5 Å². The Balaban J connectivity index is 1.27. The molecule has 0 radical (unpaired) electrons. The van der Waals surface area contributed by atoms with Crippen molar-refractivity contribution in [3.8, 4) is 17.0 Å². The van der Waals surface area contributed by atoms with Gasteiger partial charge in [0, 0.05) is 62.4 Å². The Morgan fingerprint density at radius 2 is 1.88 bits per heavy atom. The smallest absolute Gasteiger partial charge is 0.387 e. The van der Waals surface area contributed by atoms with E-state index >= 15 is 0 Å². The van der Waals surface area contributed by atoms with Crippen LogP contribution >= 0.6 is 0 Å². The van der Waals surface area contributed by atoms with Gasteiger partial charge in [-0.05, 0) is 68.8 Å². The van der Waals surface area contributed by atoms with Gasteiger partial charge in [0.2, 0.25) is 0 Å². The second-order valence-corrected chi connectivity index (χ2v) is 10.4. The van der Waals surface area contributed by atoms with E-state index in [-0.39, 0.29) is 23.9 Å². The van der Waals surface area contributed by atoms with Crippen LogP contribution in [0.15, 0.2) is 61.1 Å². The number of rotatable bonds is 9. The van der Waals surface area contributed by atoms with Crippen LogP contribution in [-0.2, 0) is 4.74 Å². The Morgan fingerprint density at radius 3 is 2.56 bits per heavy atom. The molecule has 0 aliphatic carbocycles. The molecule has 41 heavy (non-hydrogen) atoms. The van der Waals surface area contributed by atoms with Crippen LogP contribution in [0.25, 0.3) is 16.9 Å². The fourth-order valence-electron chi connectivity index (χ4n) is 5.21. The van der Waals surface area contributed by atoms with Gasteiger partial charge in [0.1, 0.15) is 5.75 Å². The van der Waals surface area contributed by atoms with Gasteiger partial charge in [-0.1, -0.05) is 0 Å². The Kier molecular flexibility index (Phi) is 8.46. The van der Waals surface area contributed by atoms with Gasteiger partial charge in [-0.15, -0.1) is 0 Å². The second kappa shape index (κ2) is 12.2. The first-order valence-corrected chi connectivity index (χ1v) is 13.6. The van der Waals surface area contributed by atoms with Crippen LogP contribution in [-0.4, -0.2) is 82.1 Å². The van der Waals surface area contributed by atoms with Crippen LogP contribution in [0.2, 0.25) is 0 Å². The summed E-state index contributed by atoms with van der Waals surface area (Å²) in [5.41, 5.74) is 4.43. The average Bonchev–Trinajstić information content (AvgIpc) is 3.36. The van der Waals surface area contributed by atoms with Gasteiger partial charge in [0.25, 0.3) is 5.91 Å². The molecule has 0 saturated carbocycles. The van der Waals surface area contributed by atoms with Crippen molar-refractivity contribution < 1.29 is 23.0 Å². The van der Waals surface area contributed by atoms with Gasteiger partial charge in [0.05, 0.1) is 24.1 Å². The largest absolute Gasteiger partial charge is 0.435 e. The number of aromatic nitrogens is 3. The molecule has 3 heterocycles. The number of carbonyl (C=O) groups excluding carboxylic acids is 1. The van der Waals surface area contributed by atoms with Gasteiger partial charge in [-0.3, -0.25) is 14.1 Å². The predicted molar refractivity (Wildman–Crippen MR) is 153 cm³/mol. The topological polar surface area (TPSA) is 84.2 Å². The fourth-order valence-corrected chi connectivity index (χ4v) is 5.21. The molecule has 0 spiro atoms. The number of hydrogen-bond donors (Lipinski definition) is 1. The number of aryl methyl sites for hydroxylation is 1. The maximum atomic E-state index is 13.2. The Labute approximate surface area is 237 Å². The molecule has 216 valence electrons. The average molecular weight is 565 g/mol. The molecule has 1 aliphatic heterocycles. The zero-order valence-electron chi connectivity index (χ0n) is 23.6. The molecule has 1 N–H and O–H groups in total. The number of nitrogens with one attached hydrogen (secondary N) is 1. The highest BCUT2D eigenvalue weighted by atomic mass is 19.3. The molecule has 5 rings (SSSR count). The third-order valence-corrected chi connectivity index (χ3v) is 7.12. The Bertz CT molecular complexity index is 1500. The molecular formula is C30H34F2N6O3. The van der Waals surface area contributed by atoms with Gasteiger partial charge >= 0.3 is 6.61 Å². The minimum absolute atomic E-state index is 0.0218. The van der Waals surface area contributed by atoms with Crippen molar-refractivity contribution in [2.45, 2.75) is 39.6 Å². The number of hydrogen-bond acceptors (Lipinski definition) is 7. The molecule has 2 aromatic carbocycles. The van der Waals surface area contributed by atoms with E-state index in [1.807, 2.05) is 36.6 Å². The van der Waals surface area contributed by atoms with Crippen molar-refractivity contribution in [3.05, 3.63) is 72.2 Å². The number of ether oxygens (including phenoxy) is 2. The zero-order chi connectivity index (χ0) is 29.1. The van der Waals surface area contributed by atoms with Crippen molar-refractivity contribution in [2.75, 3.05) is 38.5 Å². The Morgan fingerprint density at radius 1 is 1.15 bits per heavy atom. The molecule has 11 heteroatoms. The third kappa shape index (κ3) is 6.63. The highest BCUT2D eigenvalue weighted by Gasteiger charge is 2.23. The quantitative estimate of drug-likeness (QED) is 0.298. The molecule has 1 fully saturated rings. The number of amides is 1. The number of benzene rings is 2. The summed E-state index contributed by atoms with van der Waals surface area (Å²) < 4.78 is 37.1. The molecule has 2 aromatic heterocycles. The van der Waals surface area contributed by atoms with Crippen LogP contribution in [0.3, 0.4) is 0 Å². The zero-order valence-corrected chi connectivity index (χ0v) is 23.6. The predicted octanol–water partition coefficient (Wildman–Crippen LogP) is 5.23. The van der Waals surface area contributed by atoms with Crippen molar-refractivity contribution in [2.24, 2.45) is 0 Å². The first-order valence-electron chi connectivity index (χ1n) is 13.6. The number of alkyl halides is 2. The van der Waals surface area contributed by atoms with Gasteiger partial charge in [-0.25, -0.2) is 9.97 Å². The molecule has 1 amide bonds. The maximum absolute atomic E-state index is 13.2.